The van der Waals surface area contributed by atoms with E-state index in [1.807, 2.05) is 54.7 Å². The maximum absolute atomic E-state index is 13.0. The summed E-state index contributed by atoms with van der Waals surface area (Å²) in [7, 11) is 0. The summed E-state index contributed by atoms with van der Waals surface area (Å²) in [6.45, 7) is 3.07. The Morgan fingerprint density at radius 2 is 2.09 bits per heavy atom. The number of anilines is 1. The summed E-state index contributed by atoms with van der Waals surface area (Å²) < 4.78 is 0. The number of H-pyrrole nitrogens is 1. The number of fused-ring (bicyclic) bond motifs is 1. The number of thiazole rings is 1. The summed E-state index contributed by atoms with van der Waals surface area (Å²) in [6.07, 6.45) is 3.73. The molecule has 3 heterocycles. The van der Waals surface area contributed by atoms with Crippen molar-refractivity contribution in [2.75, 3.05) is 18.4 Å². The topological polar surface area (TPSA) is 78.1 Å². The van der Waals surface area contributed by atoms with Gasteiger partial charge in [0.2, 0.25) is 11.8 Å². The van der Waals surface area contributed by atoms with Crippen molar-refractivity contribution in [3.8, 4) is 11.3 Å². The van der Waals surface area contributed by atoms with Crippen molar-refractivity contribution in [3.05, 3.63) is 70.2 Å². The predicted octanol–water partition coefficient (Wildman–Crippen LogP) is 5.54. The smallest absolute Gasteiger partial charge is 0.231 e. The van der Waals surface area contributed by atoms with E-state index < -0.39 is 0 Å². The van der Waals surface area contributed by atoms with Crippen LogP contribution in [0.4, 0.5) is 5.13 Å². The lowest BCUT2D eigenvalue weighted by molar-refractivity contribution is -0.128. The summed E-state index contributed by atoms with van der Waals surface area (Å²) in [5.74, 6) is -0.513. The third-order valence-corrected chi connectivity index (χ3v) is 7.61. The molecule has 2 amide bonds. The molecule has 1 fully saturated rings. The van der Waals surface area contributed by atoms with Gasteiger partial charge in [0, 0.05) is 52.1 Å². The largest absolute Gasteiger partial charge is 0.361 e. The van der Waals surface area contributed by atoms with Crippen LogP contribution in [0.2, 0.25) is 5.02 Å². The molecule has 0 unspecified atom stereocenters. The summed E-state index contributed by atoms with van der Waals surface area (Å²) >= 11 is 7.64. The van der Waals surface area contributed by atoms with E-state index in [0.29, 0.717) is 29.7 Å². The Bertz CT molecular complexity index is 1350. The first kappa shape index (κ1) is 22.6. The van der Waals surface area contributed by atoms with Gasteiger partial charge in [-0.1, -0.05) is 48.9 Å². The van der Waals surface area contributed by atoms with Gasteiger partial charge in [-0.25, -0.2) is 4.98 Å². The standard InChI is InChI=1S/C26H25ClN4O2S/c1-2-22-24(16-6-4-3-5-7-16)29-26(34-22)30-25(33)18-12-23(32)31(15-18)11-10-17-14-28-21-9-8-19(27)13-20(17)21/h3-9,13-14,18,28H,2,10-12,15H2,1H3,(H,29,30,33)/t18-/m1/s1. The number of carbonyl (C=O) groups excluding carboxylic acids is 2. The molecule has 8 heteroatoms. The van der Waals surface area contributed by atoms with Gasteiger partial charge in [-0.05, 0) is 36.6 Å². The highest BCUT2D eigenvalue weighted by Crippen LogP contribution is 2.32. The average Bonchev–Trinajstić information content (AvgIpc) is 3.54. The summed E-state index contributed by atoms with van der Waals surface area (Å²) in [6, 6.07) is 15.7. The molecule has 0 saturated carbocycles. The quantitative estimate of drug-likeness (QED) is 0.355. The van der Waals surface area contributed by atoms with E-state index in [9.17, 15) is 9.59 Å². The molecule has 0 aliphatic carbocycles. The van der Waals surface area contributed by atoms with Crippen LogP contribution in [0.5, 0.6) is 0 Å². The highest BCUT2D eigenvalue weighted by atomic mass is 35.5. The molecule has 5 rings (SSSR count). The van der Waals surface area contributed by atoms with Crippen LogP contribution in [-0.2, 0) is 22.4 Å². The Kier molecular flexibility index (Phi) is 6.39. The first-order chi connectivity index (χ1) is 16.5. The van der Waals surface area contributed by atoms with Gasteiger partial charge < -0.3 is 15.2 Å². The second kappa shape index (κ2) is 9.60. The van der Waals surface area contributed by atoms with Crippen LogP contribution in [0.1, 0.15) is 23.8 Å². The summed E-state index contributed by atoms with van der Waals surface area (Å²) in [5, 5.41) is 5.30. The van der Waals surface area contributed by atoms with Crippen LogP contribution in [-0.4, -0.2) is 39.8 Å². The zero-order chi connectivity index (χ0) is 23.7. The van der Waals surface area contributed by atoms with Crippen LogP contribution in [0.25, 0.3) is 22.2 Å². The van der Waals surface area contributed by atoms with E-state index in [1.165, 1.54) is 11.3 Å². The maximum Gasteiger partial charge on any atom is 0.231 e. The molecular formula is C26H25ClN4O2S. The minimum atomic E-state index is -0.376. The third-order valence-electron chi connectivity index (χ3n) is 6.26. The number of hydrogen-bond donors (Lipinski definition) is 2. The van der Waals surface area contributed by atoms with E-state index in [4.69, 9.17) is 11.6 Å². The molecule has 1 aliphatic heterocycles. The Hall–Kier alpha value is -3.16. The van der Waals surface area contributed by atoms with Crippen LogP contribution in [0, 0.1) is 5.92 Å². The van der Waals surface area contributed by atoms with Gasteiger partial charge in [-0.3, -0.25) is 9.59 Å². The van der Waals surface area contributed by atoms with Crippen LogP contribution in [0.3, 0.4) is 0 Å². The van der Waals surface area contributed by atoms with Crippen molar-refractivity contribution in [3.63, 3.8) is 0 Å². The van der Waals surface area contributed by atoms with E-state index in [-0.39, 0.29) is 24.2 Å². The number of nitrogens with zero attached hydrogens (tertiary/aromatic N) is 2. The first-order valence-corrected chi connectivity index (χ1v) is 12.6. The molecule has 2 aromatic heterocycles. The Labute approximate surface area is 207 Å². The number of likely N-dealkylation sites (tertiary alicyclic amines) is 1. The van der Waals surface area contributed by atoms with E-state index in [2.05, 4.69) is 22.2 Å². The maximum atomic E-state index is 13.0. The summed E-state index contributed by atoms with van der Waals surface area (Å²) in [4.78, 5) is 36.4. The lowest BCUT2D eigenvalue weighted by Gasteiger charge is -2.16. The molecule has 6 nitrogen and oxygen atoms in total. The number of aromatic nitrogens is 2. The van der Waals surface area contributed by atoms with Gasteiger partial charge in [-0.2, -0.15) is 0 Å². The number of halogens is 1. The SMILES string of the molecule is CCc1sc(NC(=O)[C@@H]2CC(=O)N(CCc3c[nH]c4ccc(Cl)cc34)C2)nc1-c1ccccc1. The highest BCUT2D eigenvalue weighted by molar-refractivity contribution is 7.16. The van der Waals surface area contributed by atoms with Gasteiger partial charge >= 0.3 is 0 Å². The average molecular weight is 493 g/mol. The predicted molar refractivity (Wildman–Crippen MR) is 137 cm³/mol. The Morgan fingerprint density at radius 1 is 1.26 bits per heavy atom. The zero-order valence-electron chi connectivity index (χ0n) is 18.8. The van der Waals surface area contributed by atoms with Crippen LogP contribution in [0.15, 0.2) is 54.7 Å². The molecule has 2 N–H and O–H groups in total. The molecule has 1 atom stereocenters. The molecule has 1 aliphatic rings. The van der Waals surface area contributed by atoms with Crippen molar-refractivity contribution in [2.45, 2.75) is 26.2 Å². The van der Waals surface area contributed by atoms with Gasteiger partial charge in [0.05, 0.1) is 11.6 Å². The fraction of sp³-hybridized carbons (Fsp3) is 0.269. The van der Waals surface area contributed by atoms with Gasteiger partial charge in [-0.15, -0.1) is 11.3 Å². The molecule has 174 valence electrons. The molecule has 34 heavy (non-hydrogen) atoms. The molecule has 2 aromatic carbocycles. The van der Waals surface area contributed by atoms with Gasteiger partial charge in [0.25, 0.3) is 0 Å². The van der Waals surface area contributed by atoms with E-state index in [0.717, 1.165) is 39.0 Å². The minimum absolute atomic E-state index is 0.0105. The van der Waals surface area contributed by atoms with E-state index >= 15 is 0 Å². The molecule has 0 spiro atoms. The number of rotatable bonds is 7. The molecule has 0 radical (unpaired) electrons. The summed E-state index contributed by atoms with van der Waals surface area (Å²) in [5.41, 5.74) is 4.08. The van der Waals surface area contributed by atoms with Crippen LogP contribution < -0.4 is 5.32 Å². The number of carbonyl (C=O) groups is 2. The third kappa shape index (κ3) is 4.58. The van der Waals surface area contributed by atoms with Crippen molar-refractivity contribution >= 4 is 50.8 Å². The molecule has 0 bridgehead atoms. The van der Waals surface area contributed by atoms with Gasteiger partial charge in [0.15, 0.2) is 5.13 Å². The van der Waals surface area contributed by atoms with Crippen molar-refractivity contribution in [2.24, 2.45) is 5.92 Å². The first-order valence-electron chi connectivity index (χ1n) is 11.4. The monoisotopic (exact) mass is 492 g/mol. The zero-order valence-corrected chi connectivity index (χ0v) is 20.4. The molecule has 4 aromatic rings. The number of benzene rings is 2. The second-order valence-corrected chi connectivity index (χ2v) is 10.0. The second-order valence-electron chi connectivity index (χ2n) is 8.49. The fourth-order valence-corrected chi connectivity index (χ4v) is 5.55. The fourth-order valence-electron chi connectivity index (χ4n) is 4.45. The van der Waals surface area contributed by atoms with Crippen molar-refractivity contribution in [1.29, 1.82) is 0 Å². The number of aryl methyl sites for hydroxylation is 1. The molecule has 1 saturated heterocycles. The lowest BCUT2D eigenvalue weighted by Crippen LogP contribution is -2.30. The Balaban J connectivity index is 1.22. The number of hydrogen-bond acceptors (Lipinski definition) is 4. The number of nitrogens with one attached hydrogen (secondary N) is 2. The van der Waals surface area contributed by atoms with Gasteiger partial charge in [0.1, 0.15) is 0 Å². The molecular weight excluding hydrogens is 468 g/mol. The number of aromatic amines is 1. The van der Waals surface area contributed by atoms with E-state index in [1.54, 1.807) is 4.90 Å². The Morgan fingerprint density at radius 3 is 2.88 bits per heavy atom. The van der Waals surface area contributed by atoms with Crippen molar-refractivity contribution < 1.29 is 9.59 Å². The minimum Gasteiger partial charge on any atom is -0.361 e. The van der Waals surface area contributed by atoms with Crippen molar-refractivity contribution in [1.82, 2.24) is 14.9 Å². The number of amides is 2. The normalized spacial score (nSPS) is 15.9. The lowest BCUT2D eigenvalue weighted by atomic mass is 10.1. The van der Waals surface area contributed by atoms with Crippen LogP contribution >= 0.6 is 22.9 Å². The highest BCUT2D eigenvalue weighted by Gasteiger charge is 2.34.